The highest BCUT2D eigenvalue weighted by molar-refractivity contribution is 6.04. The van der Waals surface area contributed by atoms with E-state index in [0.717, 1.165) is 13.0 Å². The van der Waals surface area contributed by atoms with Crippen LogP contribution >= 0.6 is 0 Å². The van der Waals surface area contributed by atoms with Crippen molar-refractivity contribution < 1.29 is 0 Å². The molecule has 1 aromatic heterocycles. The van der Waals surface area contributed by atoms with Crippen LogP contribution in [0.15, 0.2) is 30.5 Å². The van der Waals surface area contributed by atoms with Gasteiger partial charge in [-0.3, -0.25) is 0 Å². The number of hydrogen-bond acceptors (Lipinski definition) is 1. The van der Waals surface area contributed by atoms with Gasteiger partial charge < -0.3 is 10.2 Å². The maximum absolute atomic E-state index is 5.23. The van der Waals surface area contributed by atoms with Crippen molar-refractivity contribution in [1.82, 2.24) is 10.2 Å². The monoisotopic (exact) mass is 170 g/mol. The van der Waals surface area contributed by atoms with E-state index in [4.69, 9.17) is 7.98 Å². The molecule has 0 atom stereocenters. The lowest BCUT2D eigenvalue weighted by Gasteiger charge is -1.97. The normalized spacial score (nSPS) is 10.8. The molecule has 0 bridgehead atoms. The summed E-state index contributed by atoms with van der Waals surface area (Å²) in [7, 11) is 5.23. The molecular weight excluding hydrogens is 159 g/mol. The SMILES string of the molecule is [B]NCCc1c[nH]c2ccccc12. The largest absolute Gasteiger partial charge is 0.366 e. The van der Waals surface area contributed by atoms with Crippen molar-refractivity contribution in [3.63, 3.8) is 0 Å². The zero-order valence-corrected chi connectivity index (χ0v) is 7.38. The average Bonchev–Trinajstić information content (AvgIpc) is 2.58. The predicted molar refractivity (Wildman–Crippen MR) is 55.8 cm³/mol. The number of hydrogen-bond donors (Lipinski definition) is 2. The zero-order chi connectivity index (χ0) is 9.10. The molecule has 13 heavy (non-hydrogen) atoms. The Balaban J connectivity index is 2.35. The highest BCUT2D eigenvalue weighted by Gasteiger charge is 2.00. The molecule has 3 heteroatoms. The van der Waals surface area contributed by atoms with Gasteiger partial charge in [-0.2, -0.15) is 0 Å². The lowest BCUT2D eigenvalue weighted by molar-refractivity contribution is 0.903. The summed E-state index contributed by atoms with van der Waals surface area (Å²) in [5.74, 6) is 0. The van der Waals surface area contributed by atoms with Crippen molar-refractivity contribution >= 4 is 18.9 Å². The summed E-state index contributed by atoms with van der Waals surface area (Å²) in [6, 6.07) is 8.28. The van der Waals surface area contributed by atoms with E-state index in [0.29, 0.717) is 0 Å². The number of para-hydroxylation sites is 1. The molecule has 0 saturated heterocycles. The van der Waals surface area contributed by atoms with E-state index in [1.54, 1.807) is 0 Å². The van der Waals surface area contributed by atoms with Gasteiger partial charge in [0.1, 0.15) is 0 Å². The summed E-state index contributed by atoms with van der Waals surface area (Å²) < 4.78 is 0. The van der Waals surface area contributed by atoms with E-state index < -0.39 is 0 Å². The Morgan fingerprint density at radius 2 is 2.15 bits per heavy atom. The van der Waals surface area contributed by atoms with Crippen LogP contribution in [0.4, 0.5) is 0 Å². The standard InChI is InChI=1S/C10H11BN2/c11-13-6-5-8-7-12-10-4-2-1-3-9(8)10/h1-4,7,12-13H,5-6H2. The van der Waals surface area contributed by atoms with Gasteiger partial charge in [0.15, 0.2) is 7.98 Å². The van der Waals surface area contributed by atoms with Gasteiger partial charge in [0, 0.05) is 17.1 Å². The fourth-order valence-corrected chi connectivity index (χ4v) is 1.55. The summed E-state index contributed by atoms with van der Waals surface area (Å²) in [5, 5.41) is 3.95. The van der Waals surface area contributed by atoms with Gasteiger partial charge in [-0.1, -0.05) is 18.2 Å². The molecule has 64 valence electrons. The first-order valence-electron chi connectivity index (χ1n) is 4.40. The van der Waals surface area contributed by atoms with E-state index in [1.807, 2.05) is 12.3 Å². The lowest BCUT2D eigenvalue weighted by atomic mass is 10.1. The third-order valence-electron chi connectivity index (χ3n) is 2.21. The summed E-state index contributed by atoms with van der Waals surface area (Å²) >= 11 is 0. The number of H-pyrrole nitrogens is 1. The Morgan fingerprint density at radius 3 is 3.00 bits per heavy atom. The molecule has 0 unspecified atom stereocenters. The van der Waals surface area contributed by atoms with Crippen molar-refractivity contribution in [3.05, 3.63) is 36.0 Å². The molecule has 0 saturated carbocycles. The molecule has 2 radical (unpaired) electrons. The molecular formula is C10H11BN2. The van der Waals surface area contributed by atoms with Crippen LogP contribution < -0.4 is 5.23 Å². The smallest absolute Gasteiger partial charge is 0.177 e. The van der Waals surface area contributed by atoms with Crippen molar-refractivity contribution in [2.24, 2.45) is 0 Å². The molecule has 2 nitrogen and oxygen atoms in total. The lowest BCUT2D eigenvalue weighted by Crippen LogP contribution is -2.11. The van der Waals surface area contributed by atoms with Gasteiger partial charge in [-0.25, -0.2) is 0 Å². The van der Waals surface area contributed by atoms with Gasteiger partial charge in [-0.15, -0.1) is 0 Å². The summed E-state index contributed by atoms with van der Waals surface area (Å²) in [4.78, 5) is 3.23. The van der Waals surface area contributed by atoms with Gasteiger partial charge in [0.25, 0.3) is 0 Å². The van der Waals surface area contributed by atoms with Crippen LogP contribution in [0.25, 0.3) is 10.9 Å². The molecule has 0 spiro atoms. The Labute approximate surface area is 78.8 Å². The summed E-state index contributed by atoms with van der Waals surface area (Å²) in [5.41, 5.74) is 2.50. The predicted octanol–water partition coefficient (Wildman–Crippen LogP) is 1.38. The first-order valence-corrected chi connectivity index (χ1v) is 4.40. The van der Waals surface area contributed by atoms with Gasteiger partial charge in [0.05, 0.1) is 0 Å². The second-order valence-electron chi connectivity index (χ2n) is 3.06. The molecule has 2 N–H and O–H groups in total. The number of rotatable bonds is 3. The molecule has 0 aliphatic rings. The maximum atomic E-state index is 5.23. The number of benzene rings is 1. The fraction of sp³-hybridized carbons (Fsp3) is 0.200. The number of aromatic amines is 1. The van der Waals surface area contributed by atoms with Crippen LogP contribution in [0.2, 0.25) is 0 Å². The number of fused-ring (bicyclic) bond motifs is 1. The molecule has 0 amide bonds. The molecule has 0 fully saturated rings. The zero-order valence-electron chi connectivity index (χ0n) is 7.38. The van der Waals surface area contributed by atoms with E-state index >= 15 is 0 Å². The Bertz CT molecular complexity index is 394. The van der Waals surface area contributed by atoms with Crippen LogP contribution in [0.1, 0.15) is 5.56 Å². The Kier molecular flexibility index (Phi) is 2.36. The highest BCUT2D eigenvalue weighted by atomic mass is 14.7. The first-order chi connectivity index (χ1) is 6.42. The minimum atomic E-state index is 0.807. The Morgan fingerprint density at radius 1 is 1.31 bits per heavy atom. The van der Waals surface area contributed by atoms with Gasteiger partial charge >= 0.3 is 0 Å². The highest BCUT2D eigenvalue weighted by Crippen LogP contribution is 2.17. The molecule has 2 rings (SSSR count). The quantitative estimate of drug-likeness (QED) is 0.669. The molecule has 1 heterocycles. The van der Waals surface area contributed by atoms with Crippen molar-refractivity contribution in [1.29, 1.82) is 0 Å². The van der Waals surface area contributed by atoms with Crippen molar-refractivity contribution in [2.75, 3.05) is 6.54 Å². The van der Waals surface area contributed by atoms with Crippen LogP contribution in [-0.4, -0.2) is 19.5 Å². The third-order valence-corrected chi connectivity index (χ3v) is 2.21. The van der Waals surface area contributed by atoms with Crippen molar-refractivity contribution in [2.45, 2.75) is 6.42 Å². The number of aromatic nitrogens is 1. The van der Waals surface area contributed by atoms with E-state index in [2.05, 4.69) is 28.4 Å². The molecule has 1 aromatic carbocycles. The fourth-order valence-electron chi connectivity index (χ4n) is 1.55. The summed E-state index contributed by atoms with van der Waals surface area (Å²) in [6.07, 6.45) is 3.00. The first kappa shape index (κ1) is 8.39. The van der Waals surface area contributed by atoms with Crippen LogP contribution in [0.5, 0.6) is 0 Å². The van der Waals surface area contributed by atoms with E-state index in [-0.39, 0.29) is 0 Å². The minimum Gasteiger partial charge on any atom is -0.366 e. The topological polar surface area (TPSA) is 27.8 Å². The van der Waals surface area contributed by atoms with Crippen LogP contribution in [0, 0.1) is 0 Å². The Hall–Kier alpha value is -1.22. The maximum Gasteiger partial charge on any atom is 0.177 e. The van der Waals surface area contributed by atoms with Gasteiger partial charge in [0.2, 0.25) is 0 Å². The molecule has 0 aliphatic carbocycles. The second-order valence-corrected chi connectivity index (χ2v) is 3.06. The van der Waals surface area contributed by atoms with Crippen LogP contribution in [0.3, 0.4) is 0 Å². The molecule has 0 aliphatic heterocycles. The summed E-state index contributed by atoms with van der Waals surface area (Å²) in [6.45, 7) is 0.807. The van der Waals surface area contributed by atoms with Crippen LogP contribution in [-0.2, 0) is 6.42 Å². The van der Waals surface area contributed by atoms with Gasteiger partial charge in [-0.05, 0) is 24.6 Å². The minimum absolute atomic E-state index is 0.807. The number of nitrogens with one attached hydrogen (secondary N) is 2. The van der Waals surface area contributed by atoms with Crippen molar-refractivity contribution in [3.8, 4) is 0 Å². The van der Waals surface area contributed by atoms with E-state index in [1.165, 1.54) is 16.5 Å². The van der Waals surface area contributed by atoms with E-state index in [9.17, 15) is 0 Å². The molecule has 2 aromatic rings. The average molecular weight is 170 g/mol. The second kappa shape index (κ2) is 3.67. The third kappa shape index (κ3) is 1.60.